The number of ether oxygens (including phenoxy) is 3. The van der Waals surface area contributed by atoms with E-state index in [0.29, 0.717) is 27.5 Å². The van der Waals surface area contributed by atoms with E-state index in [1.54, 1.807) is 26.0 Å². The molecule has 0 aliphatic rings. The zero-order valence-electron chi connectivity index (χ0n) is 20.5. The van der Waals surface area contributed by atoms with Gasteiger partial charge in [0.15, 0.2) is 17.3 Å². The van der Waals surface area contributed by atoms with Crippen molar-refractivity contribution in [3.63, 3.8) is 0 Å². The minimum Gasteiger partial charge on any atom is -0.493 e. The van der Waals surface area contributed by atoms with Gasteiger partial charge in [-0.15, -0.1) is 11.3 Å². The number of thiophene rings is 1. The van der Waals surface area contributed by atoms with E-state index in [-0.39, 0.29) is 40.7 Å². The predicted molar refractivity (Wildman–Crippen MR) is 141 cm³/mol. The smallest absolute Gasteiger partial charge is 0.348 e. The van der Waals surface area contributed by atoms with Gasteiger partial charge < -0.3 is 14.2 Å². The molecular weight excluding hydrogens is 512 g/mol. The van der Waals surface area contributed by atoms with Crippen LogP contribution in [-0.4, -0.2) is 25.5 Å². The quantitative estimate of drug-likeness (QED) is 0.176. The van der Waals surface area contributed by atoms with Crippen molar-refractivity contribution in [2.24, 2.45) is 0 Å². The molecule has 3 aromatic rings. The lowest BCUT2D eigenvalue weighted by atomic mass is 10.0. The van der Waals surface area contributed by atoms with Crippen LogP contribution in [0.2, 0.25) is 5.02 Å². The van der Waals surface area contributed by atoms with Crippen molar-refractivity contribution in [1.82, 2.24) is 0 Å². The van der Waals surface area contributed by atoms with Gasteiger partial charge in [-0.3, -0.25) is 4.79 Å². The van der Waals surface area contributed by atoms with Gasteiger partial charge in [-0.05, 0) is 48.7 Å². The molecule has 0 saturated heterocycles. The van der Waals surface area contributed by atoms with E-state index in [2.05, 4.69) is 0 Å². The van der Waals surface area contributed by atoms with Crippen LogP contribution in [0, 0.1) is 29.6 Å². The van der Waals surface area contributed by atoms with Crippen molar-refractivity contribution in [2.45, 2.75) is 26.9 Å². The van der Waals surface area contributed by atoms with Crippen molar-refractivity contribution in [2.75, 3.05) is 13.7 Å². The van der Waals surface area contributed by atoms with Crippen LogP contribution in [0.5, 0.6) is 11.5 Å². The molecule has 37 heavy (non-hydrogen) atoms. The molecule has 2 aromatic carbocycles. The largest absolute Gasteiger partial charge is 0.493 e. The second-order valence-corrected chi connectivity index (χ2v) is 9.28. The highest BCUT2D eigenvalue weighted by Crippen LogP contribution is 2.38. The van der Waals surface area contributed by atoms with Crippen LogP contribution in [0.15, 0.2) is 48.0 Å². The highest BCUT2D eigenvalue weighted by molar-refractivity contribution is 7.14. The van der Waals surface area contributed by atoms with E-state index < -0.39 is 11.8 Å². The number of ketones is 1. The zero-order valence-corrected chi connectivity index (χ0v) is 22.0. The average Bonchev–Trinajstić information content (AvgIpc) is 3.21. The summed E-state index contributed by atoms with van der Waals surface area (Å²) in [5, 5.41) is 19.5. The van der Waals surface area contributed by atoms with Crippen LogP contribution in [0.3, 0.4) is 0 Å². The second kappa shape index (κ2) is 12.7. The highest BCUT2D eigenvalue weighted by Gasteiger charge is 2.23. The molecule has 3 rings (SSSR count). The lowest BCUT2D eigenvalue weighted by molar-refractivity contribution is -0.114. The number of methoxy groups -OCH3 is 1. The Morgan fingerprint density at radius 3 is 2.51 bits per heavy atom. The van der Waals surface area contributed by atoms with Crippen molar-refractivity contribution in [1.29, 1.82) is 10.5 Å². The van der Waals surface area contributed by atoms with Gasteiger partial charge in [0.05, 0.1) is 29.9 Å². The molecule has 0 amide bonds. The molecule has 0 N–H and O–H groups in total. The van der Waals surface area contributed by atoms with E-state index in [4.69, 9.17) is 25.8 Å². The molecule has 0 bridgehead atoms. The van der Waals surface area contributed by atoms with E-state index >= 15 is 0 Å². The summed E-state index contributed by atoms with van der Waals surface area (Å²) in [7, 11) is 1.47. The Kier molecular flexibility index (Phi) is 9.45. The van der Waals surface area contributed by atoms with E-state index in [1.165, 1.54) is 13.2 Å². The van der Waals surface area contributed by atoms with Gasteiger partial charge in [-0.2, -0.15) is 10.5 Å². The molecule has 7 nitrogen and oxygen atoms in total. The molecule has 0 atom stereocenters. The summed E-state index contributed by atoms with van der Waals surface area (Å²) in [4.78, 5) is 25.9. The first-order valence-electron chi connectivity index (χ1n) is 11.2. The lowest BCUT2D eigenvalue weighted by Crippen LogP contribution is -2.05. The molecule has 188 valence electrons. The summed E-state index contributed by atoms with van der Waals surface area (Å²) >= 11 is 7.47. The Labute approximate surface area is 224 Å². The summed E-state index contributed by atoms with van der Waals surface area (Å²) in [6.45, 7) is 3.79. The molecule has 0 aliphatic heterocycles. The van der Waals surface area contributed by atoms with Crippen LogP contribution in [0.25, 0.3) is 6.08 Å². The van der Waals surface area contributed by atoms with Crippen LogP contribution < -0.4 is 9.47 Å². The van der Waals surface area contributed by atoms with Crippen LogP contribution in [0.4, 0.5) is 0 Å². The molecule has 9 heteroatoms. The number of halogens is 1. The van der Waals surface area contributed by atoms with Crippen LogP contribution >= 0.6 is 22.9 Å². The van der Waals surface area contributed by atoms with Crippen LogP contribution in [0.1, 0.15) is 43.7 Å². The normalized spacial score (nSPS) is 10.8. The molecule has 0 fully saturated rings. The number of carbonyl (C=O) groups is 2. The van der Waals surface area contributed by atoms with E-state index in [1.807, 2.05) is 42.5 Å². The fraction of sp³-hybridized carbons (Fsp3) is 0.214. The number of allylic oxidation sites excluding steroid dienone is 1. The van der Waals surface area contributed by atoms with Gasteiger partial charge in [-0.1, -0.05) is 41.9 Å². The lowest BCUT2D eigenvalue weighted by Gasteiger charge is -2.13. The zero-order chi connectivity index (χ0) is 26.9. The fourth-order valence-electron chi connectivity index (χ4n) is 3.51. The topological polar surface area (TPSA) is 109 Å². The number of hydrogen-bond donors (Lipinski definition) is 0. The maximum Gasteiger partial charge on any atom is 0.348 e. The van der Waals surface area contributed by atoms with Gasteiger partial charge in [0, 0.05) is 11.3 Å². The van der Waals surface area contributed by atoms with E-state index in [9.17, 15) is 20.1 Å². The third-order valence-corrected chi connectivity index (χ3v) is 6.88. The predicted octanol–water partition coefficient (Wildman–Crippen LogP) is 6.06. The molecule has 0 radical (unpaired) electrons. The Morgan fingerprint density at radius 1 is 1.16 bits per heavy atom. The van der Waals surface area contributed by atoms with Crippen molar-refractivity contribution in [3.05, 3.63) is 85.1 Å². The first-order valence-corrected chi connectivity index (χ1v) is 12.4. The van der Waals surface area contributed by atoms with Gasteiger partial charge >= 0.3 is 5.97 Å². The molecule has 0 unspecified atom stereocenters. The minimum atomic E-state index is -0.549. The summed E-state index contributed by atoms with van der Waals surface area (Å²) in [6, 6.07) is 16.7. The number of carbonyl (C=O) groups excluding carboxylic acids is 2. The molecule has 0 aliphatic carbocycles. The average molecular weight is 535 g/mol. The molecule has 1 aromatic heterocycles. The minimum absolute atomic E-state index is 0.135. The molecular formula is C28H23ClN2O5S. The number of nitrogens with zero attached hydrogens (tertiary/aromatic N) is 2. The van der Waals surface area contributed by atoms with Crippen molar-refractivity contribution in [3.8, 4) is 23.6 Å². The Hall–Kier alpha value is -4.11. The summed E-state index contributed by atoms with van der Waals surface area (Å²) in [6.07, 6.45) is 1.19. The number of hydrogen-bond acceptors (Lipinski definition) is 8. The number of nitriles is 2. The number of esters is 1. The van der Waals surface area contributed by atoms with E-state index in [0.717, 1.165) is 16.9 Å². The van der Waals surface area contributed by atoms with Crippen LogP contribution in [-0.2, 0) is 22.6 Å². The SMILES string of the molecule is CCOC(=O)c1sc(CC(=O)/C(C#N)=C/c2cc(Cl)c(OCc3ccccc3)c(OC)c2)c(C#N)c1C. The van der Waals surface area contributed by atoms with Gasteiger partial charge in [0.1, 0.15) is 23.6 Å². The third-order valence-electron chi connectivity index (χ3n) is 5.32. The first-order chi connectivity index (χ1) is 17.8. The van der Waals surface area contributed by atoms with Crippen molar-refractivity contribution < 1.29 is 23.8 Å². The standard InChI is InChI=1S/C28H23ClN2O5S/c1-4-35-28(33)27-17(2)21(15-31)25(37-27)13-23(32)20(14-30)10-19-11-22(29)26(24(12-19)34-3)36-16-18-8-6-5-7-9-18/h5-12H,4,13,16H2,1-3H3/b20-10+. The van der Waals surface area contributed by atoms with Crippen molar-refractivity contribution >= 4 is 40.8 Å². The maximum atomic E-state index is 13.0. The molecule has 1 heterocycles. The first kappa shape index (κ1) is 27.5. The Bertz CT molecular complexity index is 1430. The number of rotatable bonds is 10. The molecule has 0 spiro atoms. The molecule has 0 saturated carbocycles. The Morgan fingerprint density at radius 2 is 1.89 bits per heavy atom. The second-order valence-electron chi connectivity index (χ2n) is 7.76. The third kappa shape index (κ3) is 6.56. The van der Waals surface area contributed by atoms with Gasteiger partial charge in [0.2, 0.25) is 0 Å². The highest BCUT2D eigenvalue weighted by atomic mass is 35.5. The summed E-state index contributed by atoms with van der Waals surface area (Å²) in [5.41, 5.74) is 1.98. The summed E-state index contributed by atoms with van der Waals surface area (Å²) < 4.78 is 16.3. The number of Topliss-reactive ketones (excluding diaryl/α,β-unsaturated/α-hetero) is 1. The maximum absolute atomic E-state index is 13.0. The monoisotopic (exact) mass is 534 g/mol. The Balaban J connectivity index is 1.86. The van der Waals surface area contributed by atoms with Gasteiger partial charge in [0.25, 0.3) is 0 Å². The number of benzene rings is 2. The van der Waals surface area contributed by atoms with Gasteiger partial charge in [-0.25, -0.2) is 4.79 Å². The summed E-state index contributed by atoms with van der Waals surface area (Å²) in [5.74, 6) is -0.365. The fourth-order valence-corrected chi connectivity index (χ4v) is 4.93.